The Balaban J connectivity index is 2.26. The van der Waals surface area contributed by atoms with Crippen molar-refractivity contribution in [2.75, 3.05) is 11.9 Å². The fourth-order valence-corrected chi connectivity index (χ4v) is 3.79. The van der Waals surface area contributed by atoms with E-state index >= 15 is 0 Å². The molecule has 19 heavy (non-hydrogen) atoms. The zero-order valence-electron chi connectivity index (χ0n) is 11.5. The smallest absolute Gasteiger partial charge is 0.107 e. The zero-order chi connectivity index (χ0) is 14.0. The van der Waals surface area contributed by atoms with E-state index in [0.29, 0.717) is 11.0 Å². The molecule has 0 atom stereocenters. The van der Waals surface area contributed by atoms with Gasteiger partial charge in [0.1, 0.15) is 4.99 Å². The minimum atomic E-state index is 0.457. The molecule has 2 nitrogen and oxygen atoms in total. The molecule has 0 unspecified atom stereocenters. The van der Waals surface area contributed by atoms with Crippen molar-refractivity contribution in [1.29, 1.82) is 0 Å². The number of rotatable bonds is 3. The van der Waals surface area contributed by atoms with Crippen molar-refractivity contribution < 1.29 is 0 Å². The number of hydrogen-bond donors (Lipinski definition) is 1. The molecule has 0 bridgehead atoms. The fourth-order valence-electron chi connectivity index (χ4n) is 2.88. The van der Waals surface area contributed by atoms with Crippen LogP contribution < -0.4 is 10.6 Å². The summed E-state index contributed by atoms with van der Waals surface area (Å²) in [7, 11) is 2.16. The van der Waals surface area contributed by atoms with E-state index in [1.165, 1.54) is 25.7 Å². The number of thiocarbonyl (C=S) groups is 1. The number of nitrogens with zero attached hydrogens (tertiary/aromatic N) is 1. The monoisotopic (exact) mass is 340 g/mol. The van der Waals surface area contributed by atoms with Crippen molar-refractivity contribution in [2.45, 2.75) is 38.6 Å². The molecule has 0 spiro atoms. The van der Waals surface area contributed by atoms with Crippen molar-refractivity contribution in [3.8, 4) is 0 Å². The second-order valence-electron chi connectivity index (χ2n) is 5.52. The van der Waals surface area contributed by atoms with E-state index in [9.17, 15) is 0 Å². The van der Waals surface area contributed by atoms with Gasteiger partial charge in [0.15, 0.2) is 0 Å². The number of anilines is 1. The standard InChI is InChI=1S/C15H21BrN2S/c1-10-6-8-11(9-7-10)18(2)13-5-3-4-12(16)14(13)15(17)19/h3-5,10-11H,6-9H2,1-2H3,(H2,17,19). The number of nitrogens with two attached hydrogens (primary N) is 1. The van der Waals surface area contributed by atoms with Crippen molar-refractivity contribution in [2.24, 2.45) is 11.7 Å². The predicted molar refractivity (Wildman–Crippen MR) is 89.9 cm³/mol. The van der Waals surface area contributed by atoms with Gasteiger partial charge >= 0.3 is 0 Å². The first kappa shape index (κ1) is 14.8. The summed E-state index contributed by atoms with van der Waals surface area (Å²) in [6.45, 7) is 2.34. The van der Waals surface area contributed by atoms with Crippen LogP contribution in [0.4, 0.5) is 5.69 Å². The molecule has 1 aromatic rings. The average Bonchev–Trinajstić information content (AvgIpc) is 2.38. The minimum absolute atomic E-state index is 0.457. The quantitative estimate of drug-likeness (QED) is 0.840. The average molecular weight is 341 g/mol. The maximum atomic E-state index is 5.88. The maximum Gasteiger partial charge on any atom is 0.107 e. The number of hydrogen-bond acceptors (Lipinski definition) is 2. The summed E-state index contributed by atoms with van der Waals surface area (Å²) in [5.74, 6) is 0.863. The lowest BCUT2D eigenvalue weighted by molar-refractivity contribution is 0.340. The Morgan fingerprint density at radius 2 is 1.95 bits per heavy atom. The Kier molecular flexibility index (Phi) is 4.85. The SMILES string of the molecule is CC1CCC(N(C)c2cccc(Br)c2C(N)=S)CC1. The molecule has 1 aliphatic carbocycles. The summed E-state index contributed by atoms with van der Waals surface area (Å²) in [6.07, 6.45) is 5.12. The van der Waals surface area contributed by atoms with E-state index in [-0.39, 0.29) is 0 Å². The minimum Gasteiger partial charge on any atom is -0.389 e. The van der Waals surface area contributed by atoms with Crippen LogP contribution in [-0.4, -0.2) is 18.1 Å². The summed E-state index contributed by atoms with van der Waals surface area (Å²) >= 11 is 8.75. The fraction of sp³-hybridized carbons (Fsp3) is 0.533. The lowest BCUT2D eigenvalue weighted by Gasteiger charge is -2.36. The third-order valence-corrected chi connectivity index (χ3v) is 5.02. The highest BCUT2D eigenvalue weighted by Crippen LogP contribution is 2.33. The zero-order valence-corrected chi connectivity index (χ0v) is 13.9. The molecule has 0 saturated heterocycles. The van der Waals surface area contributed by atoms with Crippen LogP contribution in [0, 0.1) is 5.92 Å². The Morgan fingerprint density at radius 3 is 2.53 bits per heavy atom. The van der Waals surface area contributed by atoms with Crippen LogP contribution in [0.3, 0.4) is 0 Å². The van der Waals surface area contributed by atoms with Crippen LogP contribution in [0.15, 0.2) is 22.7 Å². The summed E-state index contributed by atoms with van der Waals surface area (Å²) in [6, 6.07) is 6.74. The Labute approximate surface area is 129 Å². The van der Waals surface area contributed by atoms with Gasteiger partial charge in [-0.25, -0.2) is 0 Å². The largest absolute Gasteiger partial charge is 0.389 e. The lowest BCUT2D eigenvalue weighted by Crippen LogP contribution is -2.36. The normalized spacial score (nSPS) is 23.1. The van der Waals surface area contributed by atoms with Gasteiger partial charge in [0.2, 0.25) is 0 Å². The van der Waals surface area contributed by atoms with Crippen LogP contribution >= 0.6 is 28.1 Å². The molecular weight excluding hydrogens is 320 g/mol. The van der Waals surface area contributed by atoms with Crippen molar-refractivity contribution in [1.82, 2.24) is 0 Å². The Morgan fingerprint density at radius 1 is 1.32 bits per heavy atom. The highest BCUT2D eigenvalue weighted by Gasteiger charge is 2.24. The van der Waals surface area contributed by atoms with Crippen molar-refractivity contribution in [3.63, 3.8) is 0 Å². The second kappa shape index (κ2) is 6.23. The lowest BCUT2D eigenvalue weighted by atomic mass is 9.86. The molecule has 0 amide bonds. The van der Waals surface area contributed by atoms with E-state index in [1.807, 2.05) is 12.1 Å². The molecule has 4 heteroatoms. The van der Waals surface area contributed by atoms with E-state index in [4.69, 9.17) is 18.0 Å². The molecule has 1 aromatic carbocycles. The Bertz CT molecular complexity index is 467. The van der Waals surface area contributed by atoms with Gasteiger partial charge in [-0.15, -0.1) is 0 Å². The van der Waals surface area contributed by atoms with E-state index in [2.05, 4.69) is 40.9 Å². The van der Waals surface area contributed by atoms with Crippen LogP contribution in [0.2, 0.25) is 0 Å². The topological polar surface area (TPSA) is 29.3 Å². The van der Waals surface area contributed by atoms with Gasteiger partial charge in [-0.2, -0.15) is 0 Å². The molecule has 0 aromatic heterocycles. The summed E-state index contributed by atoms with van der Waals surface area (Å²) in [5, 5.41) is 0. The summed E-state index contributed by atoms with van der Waals surface area (Å²) in [5.41, 5.74) is 7.98. The van der Waals surface area contributed by atoms with Crippen molar-refractivity contribution in [3.05, 3.63) is 28.2 Å². The van der Waals surface area contributed by atoms with Crippen LogP contribution in [0.5, 0.6) is 0 Å². The summed E-state index contributed by atoms with van der Waals surface area (Å²) in [4.78, 5) is 2.81. The molecular formula is C15H21BrN2S. The van der Waals surface area contributed by atoms with Crippen LogP contribution in [-0.2, 0) is 0 Å². The molecule has 0 aliphatic heterocycles. The van der Waals surface area contributed by atoms with Gasteiger partial charge in [0.25, 0.3) is 0 Å². The van der Waals surface area contributed by atoms with E-state index < -0.39 is 0 Å². The number of benzene rings is 1. The third kappa shape index (κ3) is 3.29. The molecule has 2 N–H and O–H groups in total. The van der Waals surface area contributed by atoms with Gasteiger partial charge in [0, 0.05) is 28.8 Å². The highest BCUT2D eigenvalue weighted by atomic mass is 79.9. The molecule has 104 valence electrons. The first-order valence-electron chi connectivity index (χ1n) is 6.82. The third-order valence-electron chi connectivity index (χ3n) is 4.15. The van der Waals surface area contributed by atoms with Gasteiger partial charge in [-0.1, -0.05) is 25.2 Å². The molecule has 0 radical (unpaired) electrons. The molecule has 1 aliphatic rings. The first-order valence-corrected chi connectivity index (χ1v) is 8.02. The number of halogens is 1. The highest BCUT2D eigenvalue weighted by molar-refractivity contribution is 9.10. The maximum absolute atomic E-state index is 5.88. The summed E-state index contributed by atoms with van der Waals surface area (Å²) < 4.78 is 0.980. The first-order chi connectivity index (χ1) is 9.00. The molecule has 0 heterocycles. The van der Waals surface area contributed by atoms with E-state index in [1.54, 1.807) is 0 Å². The molecule has 1 saturated carbocycles. The van der Waals surface area contributed by atoms with Crippen LogP contribution in [0.25, 0.3) is 0 Å². The molecule has 1 fully saturated rings. The van der Waals surface area contributed by atoms with Gasteiger partial charge < -0.3 is 10.6 Å². The van der Waals surface area contributed by atoms with Crippen molar-refractivity contribution >= 4 is 38.8 Å². The van der Waals surface area contributed by atoms with Gasteiger partial charge in [-0.3, -0.25) is 0 Å². The second-order valence-corrected chi connectivity index (χ2v) is 6.82. The van der Waals surface area contributed by atoms with Gasteiger partial charge in [-0.05, 0) is 59.7 Å². The predicted octanol–water partition coefficient (Wildman–Crippen LogP) is 4.10. The molecule has 2 rings (SSSR count). The Hall–Kier alpha value is -0.610. The van der Waals surface area contributed by atoms with Crippen LogP contribution in [0.1, 0.15) is 38.2 Å². The van der Waals surface area contributed by atoms with Gasteiger partial charge in [0.05, 0.1) is 0 Å². The van der Waals surface area contributed by atoms with E-state index in [0.717, 1.165) is 21.6 Å².